The molecule has 0 aromatic heterocycles. The van der Waals surface area contributed by atoms with Gasteiger partial charge in [0, 0.05) is 55.2 Å². The number of sulfonamides is 1. The summed E-state index contributed by atoms with van der Waals surface area (Å²) in [5.41, 5.74) is 0. The van der Waals surface area contributed by atoms with Crippen molar-refractivity contribution in [3.63, 3.8) is 0 Å². The average Bonchev–Trinajstić information content (AvgIpc) is 2.61. The van der Waals surface area contributed by atoms with Crippen LogP contribution >= 0.6 is 23.5 Å². The number of guanidine groups is 1. The van der Waals surface area contributed by atoms with Crippen molar-refractivity contribution in [3.8, 4) is 0 Å². The summed E-state index contributed by atoms with van der Waals surface area (Å²) in [6.45, 7) is 8.63. The van der Waals surface area contributed by atoms with E-state index in [4.69, 9.17) is 0 Å². The molecule has 9 heteroatoms. The van der Waals surface area contributed by atoms with Crippen LogP contribution in [0.5, 0.6) is 0 Å². The van der Waals surface area contributed by atoms with E-state index >= 15 is 0 Å². The van der Waals surface area contributed by atoms with Crippen molar-refractivity contribution in [2.24, 2.45) is 4.99 Å². The molecule has 2 saturated heterocycles. The first-order chi connectivity index (χ1) is 11.6. The zero-order valence-corrected chi connectivity index (χ0v) is 17.2. The Labute approximate surface area is 155 Å². The van der Waals surface area contributed by atoms with E-state index in [1.807, 2.05) is 30.4 Å². The van der Waals surface area contributed by atoms with Crippen LogP contribution in [-0.4, -0.2) is 91.1 Å². The van der Waals surface area contributed by atoms with Gasteiger partial charge in [0.15, 0.2) is 5.96 Å². The third kappa shape index (κ3) is 6.00. The lowest BCUT2D eigenvalue weighted by Gasteiger charge is -2.34. The molecule has 6 nitrogen and oxygen atoms in total. The van der Waals surface area contributed by atoms with E-state index < -0.39 is 10.0 Å². The molecule has 1 unspecified atom stereocenters. The van der Waals surface area contributed by atoms with Gasteiger partial charge in [-0.15, -0.1) is 0 Å². The molecular weight excluding hydrogens is 364 g/mol. The third-order valence-corrected chi connectivity index (χ3v) is 8.37. The van der Waals surface area contributed by atoms with Crippen LogP contribution in [0, 0.1) is 0 Å². The Morgan fingerprint density at radius 3 is 2.62 bits per heavy atom. The van der Waals surface area contributed by atoms with Gasteiger partial charge in [-0.1, -0.05) is 6.92 Å². The van der Waals surface area contributed by atoms with E-state index in [1.54, 1.807) is 4.31 Å². The van der Waals surface area contributed by atoms with Gasteiger partial charge in [0.2, 0.25) is 10.0 Å². The highest BCUT2D eigenvalue weighted by Gasteiger charge is 2.24. The lowest BCUT2D eigenvalue weighted by Crippen LogP contribution is -2.48. The topological polar surface area (TPSA) is 65.0 Å². The van der Waals surface area contributed by atoms with Gasteiger partial charge in [0.1, 0.15) is 0 Å². The summed E-state index contributed by atoms with van der Waals surface area (Å²) < 4.78 is 26.4. The summed E-state index contributed by atoms with van der Waals surface area (Å²) in [7, 11) is -3.18. The predicted molar refractivity (Wildman–Crippen MR) is 107 cm³/mol. The molecule has 0 aromatic rings. The molecule has 0 radical (unpaired) electrons. The van der Waals surface area contributed by atoms with Crippen LogP contribution in [0.4, 0.5) is 0 Å². The van der Waals surface area contributed by atoms with E-state index in [2.05, 4.69) is 22.1 Å². The Balaban J connectivity index is 1.92. The molecule has 0 aromatic carbocycles. The maximum Gasteiger partial charge on any atom is 0.215 e. The second-order valence-electron chi connectivity index (χ2n) is 5.91. The number of thioether (sulfide) groups is 2. The second-order valence-corrected chi connectivity index (χ2v) is 10.6. The predicted octanol–water partition coefficient (Wildman–Crippen LogP) is 1.16. The molecule has 2 aliphatic rings. The van der Waals surface area contributed by atoms with Crippen molar-refractivity contribution >= 4 is 39.5 Å². The van der Waals surface area contributed by atoms with Crippen LogP contribution < -0.4 is 5.32 Å². The molecule has 140 valence electrons. The van der Waals surface area contributed by atoms with Crippen LogP contribution in [-0.2, 0) is 10.0 Å². The molecule has 2 heterocycles. The quantitative estimate of drug-likeness (QED) is 0.539. The largest absolute Gasteiger partial charge is 0.357 e. The van der Waals surface area contributed by atoms with Gasteiger partial charge in [-0.2, -0.15) is 23.5 Å². The van der Waals surface area contributed by atoms with Gasteiger partial charge in [0.05, 0.1) is 12.3 Å². The number of hydrogen-bond donors (Lipinski definition) is 1. The van der Waals surface area contributed by atoms with Gasteiger partial charge >= 0.3 is 0 Å². The third-order valence-electron chi connectivity index (χ3n) is 4.20. The lowest BCUT2D eigenvalue weighted by molar-refractivity contribution is 0.408. The molecular formula is C15H30N4O2S3. The summed E-state index contributed by atoms with van der Waals surface area (Å²) in [5.74, 6) is 3.86. The number of aliphatic imine (C=N–C) groups is 1. The van der Waals surface area contributed by atoms with Gasteiger partial charge < -0.3 is 10.2 Å². The van der Waals surface area contributed by atoms with Gasteiger partial charge in [0.25, 0.3) is 0 Å². The smallest absolute Gasteiger partial charge is 0.215 e. The average molecular weight is 395 g/mol. The van der Waals surface area contributed by atoms with E-state index in [0.29, 0.717) is 24.9 Å². The molecule has 1 atom stereocenters. The van der Waals surface area contributed by atoms with Crippen molar-refractivity contribution in [1.82, 2.24) is 14.5 Å². The van der Waals surface area contributed by atoms with Crippen LogP contribution in [0.2, 0.25) is 0 Å². The minimum atomic E-state index is -3.18. The molecule has 0 aliphatic carbocycles. The number of nitrogens with zero attached hydrogens (tertiary/aromatic N) is 3. The fourth-order valence-electron chi connectivity index (χ4n) is 2.81. The maximum atomic E-state index is 12.4. The maximum absolute atomic E-state index is 12.4. The Morgan fingerprint density at radius 2 is 1.96 bits per heavy atom. The minimum absolute atomic E-state index is 0.104. The molecule has 1 N–H and O–H groups in total. The zero-order valence-electron chi connectivity index (χ0n) is 14.7. The summed E-state index contributed by atoms with van der Waals surface area (Å²) >= 11 is 3.84. The van der Waals surface area contributed by atoms with E-state index in [1.165, 1.54) is 0 Å². The SMILES string of the molecule is CCNC(=NCCS(=O)(=O)N1CCSCC1)N1CCSC(CC)C1. The Morgan fingerprint density at radius 1 is 1.21 bits per heavy atom. The molecule has 2 fully saturated rings. The highest BCUT2D eigenvalue weighted by molar-refractivity contribution is 8.00. The summed E-state index contributed by atoms with van der Waals surface area (Å²) in [6, 6.07) is 0. The van der Waals surface area contributed by atoms with Crippen LogP contribution in [0.15, 0.2) is 4.99 Å². The minimum Gasteiger partial charge on any atom is -0.357 e. The highest BCUT2D eigenvalue weighted by atomic mass is 32.2. The van der Waals surface area contributed by atoms with Gasteiger partial charge in [-0.3, -0.25) is 4.99 Å². The van der Waals surface area contributed by atoms with Crippen molar-refractivity contribution in [2.45, 2.75) is 25.5 Å². The molecule has 2 aliphatic heterocycles. The summed E-state index contributed by atoms with van der Waals surface area (Å²) in [4.78, 5) is 6.87. The van der Waals surface area contributed by atoms with E-state index in [-0.39, 0.29) is 5.75 Å². The number of nitrogens with one attached hydrogen (secondary N) is 1. The highest BCUT2D eigenvalue weighted by Crippen LogP contribution is 2.21. The fraction of sp³-hybridized carbons (Fsp3) is 0.933. The van der Waals surface area contributed by atoms with Crippen molar-refractivity contribution < 1.29 is 8.42 Å². The molecule has 0 spiro atoms. The molecule has 2 rings (SSSR count). The monoisotopic (exact) mass is 394 g/mol. The van der Waals surface area contributed by atoms with Crippen molar-refractivity contribution in [1.29, 1.82) is 0 Å². The second kappa shape index (κ2) is 10.1. The van der Waals surface area contributed by atoms with Crippen LogP contribution in [0.1, 0.15) is 20.3 Å². The summed E-state index contributed by atoms with van der Waals surface area (Å²) in [5, 5.41) is 3.95. The standard InChI is InChI=1S/C15H30N4O2S3/c1-3-14-13-18(6-11-23-14)15(16-4-2)17-5-12-24(20,21)19-7-9-22-10-8-19/h14H,3-13H2,1-2H3,(H,16,17). The fourth-order valence-corrected chi connectivity index (χ4v) is 6.44. The van der Waals surface area contributed by atoms with Crippen molar-refractivity contribution in [2.75, 3.05) is 62.3 Å². The first kappa shape index (κ1) is 20.2. The first-order valence-corrected chi connectivity index (χ1v) is 12.6. The number of rotatable bonds is 6. The molecule has 24 heavy (non-hydrogen) atoms. The Bertz CT molecular complexity index is 507. The molecule has 0 bridgehead atoms. The zero-order chi connectivity index (χ0) is 17.4. The van der Waals surface area contributed by atoms with Crippen molar-refractivity contribution in [3.05, 3.63) is 0 Å². The summed E-state index contributed by atoms with van der Waals surface area (Å²) in [6.07, 6.45) is 1.15. The number of hydrogen-bond acceptors (Lipinski definition) is 5. The first-order valence-electron chi connectivity index (χ1n) is 8.77. The normalized spacial score (nSPS) is 24.2. The molecule has 0 saturated carbocycles. The molecule has 0 amide bonds. The van der Waals surface area contributed by atoms with E-state index in [9.17, 15) is 8.42 Å². The Hall–Kier alpha value is -0.120. The Kier molecular flexibility index (Phi) is 8.53. The van der Waals surface area contributed by atoms with E-state index in [0.717, 1.165) is 49.3 Å². The lowest BCUT2D eigenvalue weighted by atomic mass is 10.3. The van der Waals surface area contributed by atoms with Crippen LogP contribution in [0.25, 0.3) is 0 Å². The van der Waals surface area contributed by atoms with Gasteiger partial charge in [-0.05, 0) is 13.3 Å². The van der Waals surface area contributed by atoms with Crippen LogP contribution in [0.3, 0.4) is 0 Å². The van der Waals surface area contributed by atoms with Gasteiger partial charge in [-0.25, -0.2) is 12.7 Å².